The normalized spacial score (nSPS) is 10.2. The van der Waals surface area contributed by atoms with Crippen molar-refractivity contribution in [3.05, 3.63) is 51.3 Å². The van der Waals surface area contributed by atoms with Crippen LogP contribution in [-0.2, 0) is 0 Å². The van der Waals surface area contributed by atoms with E-state index in [1.165, 1.54) is 7.11 Å². The van der Waals surface area contributed by atoms with Gasteiger partial charge in [0, 0.05) is 0 Å². The van der Waals surface area contributed by atoms with Gasteiger partial charge < -0.3 is 4.84 Å². The summed E-state index contributed by atoms with van der Waals surface area (Å²) in [6.07, 6.45) is 0. The Morgan fingerprint density at radius 2 is 1.87 bits per heavy atom. The van der Waals surface area contributed by atoms with E-state index in [1.807, 2.05) is 0 Å². The maximum Gasteiger partial charge on any atom is 0.385 e. The minimum atomic E-state index is -0.561. The van der Waals surface area contributed by atoms with Crippen LogP contribution in [0.1, 0.15) is 0 Å². The first-order chi connectivity index (χ1) is 7.24. The Labute approximate surface area is 84.3 Å². The molecule has 0 saturated carbocycles. The Morgan fingerprint density at radius 1 is 1.20 bits per heavy atom. The molecule has 78 valence electrons. The molecule has 0 bridgehead atoms. The van der Waals surface area contributed by atoms with Crippen molar-refractivity contribution in [1.29, 1.82) is 0 Å². The molecule has 1 aromatic heterocycles. The van der Waals surface area contributed by atoms with E-state index in [2.05, 4.69) is 9.94 Å². The lowest BCUT2D eigenvalue weighted by Gasteiger charge is -1.97. The first-order valence-corrected chi connectivity index (χ1v) is 4.28. The van der Waals surface area contributed by atoms with Gasteiger partial charge in [0.1, 0.15) is 7.11 Å². The van der Waals surface area contributed by atoms with Gasteiger partial charge in [0.15, 0.2) is 0 Å². The minimum Gasteiger partial charge on any atom is -0.397 e. The zero-order valence-corrected chi connectivity index (χ0v) is 8.01. The second kappa shape index (κ2) is 3.49. The van der Waals surface area contributed by atoms with Crippen molar-refractivity contribution >= 4 is 0 Å². The molecule has 2 aromatic rings. The van der Waals surface area contributed by atoms with Gasteiger partial charge >= 0.3 is 11.4 Å². The molecule has 1 aromatic carbocycles. The molecule has 0 fully saturated rings. The first kappa shape index (κ1) is 9.32. The van der Waals surface area contributed by atoms with Crippen molar-refractivity contribution in [3.8, 4) is 5.69 Å². The molecule has 0 aliphatic rings. The van der Waals surface area contributed by atoms with E-state index in [0.29, 0.717) is 5.69 Å². The van der Waals surface area contributed by atoms with Crippen LogP contribution in [0.25, 0.3) is 5.69 Å². The number of H-pyrrole nitrogens is 1. The van der Waals surface area contributed by atoms with E-state index < -0.39 is 11.4 Å². The van der Waals surface area contributed by atoms with Crippen molar-refractivity contribution in [3.63, 3.8) is 0 Å². The summed E-state index contributed by atoms with van der Waals surface area (Å²) in [6, 6.07) is 8.61. The summed E-state index contributed by atoms with van der Waals surface area (Å²) in [5, 5.41) is 2.25. The second-order valence-electron chi connectivity index (χ2n) is 2.85. The predicted molar refractivity (Wildman–Crippen MR) is 53.2 cm³/mol. The lowest BCUT2D eigenvalue weighted by molar-refractivity contribution is 0.123. The van der Waals surface area contributed by atoms with Gasteiger partial charge in [-0.3, -0.25) is 0 Å². The number of para-hydroxylation sites is 1. The van der Waals surface area contributed by atoms with Crippen molar-refractivity contribution in [1.82, 2.24) is 14.5 Å². The van der Waals surface area contributed by atoms with Crippen LogP contribution in [0.3, 0.4) is 0 Å². The molecule has 0 saturated heterocycles. The maximum absolute atomic E-state index is 11.6. The van der Waals surface area contributed by atoms with Crippen LogP contribution in [0.5, 0.6) is 0 Å². The highest BCUT2D eigenvalue weighted by molar-refractivity contribution is 5.30. The molecule has 0 atom stereocenters. The van der Waals surface area contributed by atoms with Crippen LogP contribution in [0.15, 0.2) is 39.9 Å². The fourth-order valence-corrected chi connectivity index (χ4v) is 1.29. The van der Waals surface area contributed by atoms with Crippen LogP contribution in [-0.4, -0.2) is 21.6 Å². The van der Waals surface area contributed by atoms with Gasteiger partial charge in [0.05, 0.1) is 5.69 Å². The Kier molecular flexibility index (Phi) is 2.17. The Hall–Kier alpha value is -2.24. The lowest BCUT2D eigenvalue weighted by atomic mass is 10.3. The number of nitrogens with one attached hydrogen (secondary N) is 1. The number of aromatic amines is 1. The zero-order valence-electron chi connectivity index (χ0n) is 8.01. The smallest absolute Gasteiger partial charge is 0.385 e. The van der Waals surface area contributed by atoms with Crippen molar-refractivity contribution < 1.29 is 4.84 Å². The van der Waals surface area contributed by atoms with E-state index >= 15 is 0 Å². The van der Waals surface area contributed by atoms with E-state index in [0.717, 1.165) is 9.41 Å². The topological polar surface area (TPSA) is 69.0 Å². The number of nitrogens with zero attached hydrogens (tertiary/aromatic N) is 2. The van der Waals surface area contributed by atoms with Gasteiger partial charge in [-0.1, -0.05) is 23.0 Å². The minimum absolute atomic E-state index is 0.500. The Morgan fingerprint density at radius 3 is 2.40 bits per heavy atom. The van der Waals surface area contributed by atoms with Crippen LogP contribution in [0.2, 0.25) is 0 Å². The summed E-state index contributed by atoms with van der Waals surface area (Å²) in [6.45, 7) is 0. The fraction of sp³-hybridized carbons (Fsp3) is 0.111. The number of rotatable bonds is 2. The largest absolute Gasteiger partial charge is 0.397 e. The number of hydrogen-bond acceptors (Lipinski definition) is 3. The second-order valence-corrected chi connectivity index (χ2v) is 2.85. The standard InChI is InChI=1S/C9H9N3O3/c1-15-12-9(14)11(8(13)10-12)7-5-3-2-4-6-7/h2-6H,1H3,(H,10,13). The quantitative estimate of drug-likeness (QED) is 0.714. The molecule has 1 N–H and O–H groups in total. The van der Waals surface area contributed by atoms with Crippen LogP contribution in [0, 0.1) is 0 Å². The molecule has 0 amide bonds. The molecule has 0 spiro atoms. The van der Waals surface area contributed by atoms with E-state index in [9.17, 15) is 9.59 Å². The molecule has 0 radical (unpaired) electrons. The SMILES string of the molecule is COn1[nH]c(=O)n(-c2ccccc2)c1=O. The van der Waals surface area contributed by atoms with Crippen molar-refractivity contribution in [2.24, 2.45) is 0 Å². The van der Waals surface area contributed by atoms with Crippen LogP contribution < -0.4 is 16.2 Å². The van der Waals surface area contributed by atoms with E-state index in [4.69, 9.17) is 0 Å². The molecule has 6 nitrogen and oxygen atoms in total. The average Bonchev–Trinajstić information content (AvgIpc) is 2.55. The van der Waals surface area contributed by atoms with Crippen molar-refractivity contribution in [2.45, 2.75) is 0 Å². The van der Waals surface area contributed by atoms with Gasteiger partial charge in [-0.25, -0.2) is 19.3 Å². The highest BCUT2D eigenvalue weighted by Crippen LogP contribution is 1.99. The Balaban J connectivity index is 2.69. The van der Waals surface area contributed by atoms with Gasteiger partial charge in [0.25, 0.3) is 0 Å². The van der Waals surface area contributed by atoms with Gasteiger partial charge in [-0.05, 0) is 12.1 Å². The zero-order chi connectivity index (χ0) is 10.8. The molecule has 1 heterocycles. The van der Waals surface area contributed by atoms with Gasteiger partial charge in [0.2, 0.25) is 0 Å². The number of hydrogen-bond donors (Lipinski definition) is 1. The average molecular weight is 207 g/mol. The third-order valence-corrected chi connectivity index (χ3v) is 1.96. The molecule has 0 unspecified atom stereocenters. The molecular formula is C9H9N3O3. The molecule has 6 heteroatoms. The summed E-state index contributed by atoms with van der Waals surface area (Å²) in [7, 11) is 1.30. The molecule has 0 aliphatic carbocycles. The van der Waals surface area contributed by atoms with Crippen LogP contribution >= 0.6 is 0 Å². The lowest BCUT2D eigenvalue weighted by Crippen LogP contribution is -2.29. The number of benzene rings is 1. The molecule has 0 aliphatic heterocycles. The highest BCUT2D eigenvalue weighted by atomic mass is 16.7. The Bertz CT molecular complexity index is 564. The highest BCUT2D eigenvalue weighted by Gasteiger charge is 2.09. The predicted octanol–water partition coefficient (Wildman–Crippen LogP) is -0.614. The summed E-state index contributed by atoms with van der Waals surface area (Å²) < 4.78 is 0.990. The van der Waals surface area contributed by atoms with Crippen LogP contribution in [0.4, 0.5) is 0 Å². The first-order valence-electron chi connectivity index (χ1n) is 4.28. The maximum atomic E-state index is 11.6. The van der Waals surface area contributed by atoms with Gasteiger partial charge in [-0.15, -0.1) is 0 Å². The van der Waals surface area contributed by atoms with Crippen molar-refractivity contribution in [2.75, 3.05) is 7.11 Å². The summed E-state index contributed by atoms with van der Waals surface area (Å²) in [4.78, 5) is 28.4. The molecular weight excluding hydrogens is 198 g/mol. The monoisotopic (exact) mass is 207 g/mol. The molecule has 15 heavy (non-hydrogen) atoms. The molecule has 2 rings (SSSR count). The van der Waals surface area contributed by atoms with E-state index in [1.54, 1.807) is 30.3 Å². The third-order valence-electron chi connectivity index (χ3n) is 1.96. The van der Waals surface area contributed by atoms with E-state index in [-0.39, 0.29) is 0 Å². The summed E-state index contributed by atoms with van der Waals surface area (Å²) in [5.41, 5.74) is -0.596. The summed E-state index contributed by atoms with van der Waals surface area (Å²) >= 11 is 0. The number of aromatic nitrogens is 3. The van der Waals surface area contributed by atoms with Gasteiger partial charge in [-0.2, -0.15) is 0 Å². The third kappa shape index (κ3) is 1.45. The summed E-state index contributed by atoms with van der Waals surface area (Å²) in [5.74, 6) is 0. The fourth-order valence-electron chi connectivity index (χ4n) is 1.29.